The zero-order chi connectivity index (χ0) is 62.6. The lowest BCUT2D eigenvalue weighted by atomic mass is 9.96. The maximum absolute atomic E-state index is 14.3. The molecule has 0 aromatic carbocycles. The van der Waals surface area contributed by atoms with Crippen LogP contribution in [0.4, 0.5) is 0 Å². The lowest BCUT2D eigenvalue weighted by Crippen LogP contribution is -2.61. The standard InChI is InChI=1S/C52H98N18O12/c1-9-11-17-33(44(76)64-34(19-15-24-62-52(58)59)45(77)63-32(43(75)60-8)18-12-13-23-61-51(56)57)66-50(82)41(30(7)10-2)70-49(81)38(27-40(72)73)69-46(78)35(20-21-39(55)71)65-47(79)37(26-29(5)6)68-48(80)36(25-28(3)4)67-42(74)31(54)16-14-22-53/h28-38,41H,9-27,53-54H2,1-8H3,(H2,55,71)(H,60,75)(H,63,77)(H,64,76)(H,65,79)(H,66,82)(H,67,74)(H,68,80)(H,69,78)(H,70,81)(H,72,73)(H4,56,57,61)(H4,58,59,62)/t30-,31-,32-,33-,34+,35-,36-,37-,38-,41-/m0/s1. The van der Waals surface area contributed by atoms with Crippen LogP contribution >= 0.6 is 0 Å². The fourth-order valence-electron chi connectivity index (χ4n) is 8.23. The van der Waals surface area contributed by atoms with E-state index in [4.69, 9.17) is 40.1 Å². The Bertz CT molecular complexity index is 2140. The van der Waals surface area contributed by atoms with Crippen LogP contribution in [-0.2, 0) is 52.7 Å². The molecule has 82 heavy (non-hydrogen) atoms. The van der Waals surface area contributed by atoms with Crippen LogP contribution in [0.2, 0.25) is 0 Å². The third kappa shape index (κ3) is 31.6. The van der Waals surface area contributed by atoms with E-state index in [9.17, 15) is 57.8 Å². The second-order valence-corrected chi connectivity index (χ2v) is 21.2. The number of hydrogen-bond donors (Lipinski definition) is 17. The fraction of sp³-hybridized carbons (Fsp3) is 0.750. The largest absolute Gasteiger partial charge is 0.481 e. The number of hydrogen-bond acceptors (Lipinski definition) is 15. The van der Waals surface area contributed by atoms with Crippen LogP contribution in [0.1, 0.15) is 151 Å². The van der Waals surface area contributed by atoms with Gasteiger partial charge in [-0.3, -0.25) is 62.7 Å². The predicted octanol–water partition coefficient (Wildman–Crippen LogP) is -3.76. The molecule has 0 heterocycles. The summed E-state index contributed by atoms with van der Waals surface area (Å²) < 4.78 is 0. The van der Waals surface area contributed by atoms with Gasteiger partial charge in [-0.15, -0.1) is 0 Å². The molecule has 0 saturated heterocycles. The lowest BCUT2D eigenvalue weighted by molar-refractivity contribution is -0.142. The van der Waals surface area contributed by atoms with Crippen LogP contribution < -0.4 is 88.0 Å². The number of carbonyl (C=O) groups is 11. The van der Waals surface area contributed by atoms with E-state index in [0.29, 0.717) is 38.6 Å². The van der Waals surface area contributed by atoms with Gasteiger partial charge in [0, 0.05) is 26.6 Å². The molecule has 0 saturated carbocycles. The molecule has 0 spiro atoms. The van der Waals surface area contributed by atoms with Gasteiger partial charge in [-0.25, -0.2) is 0 Å². The average Bonchev–Trinajstić information content (AvgIpc) is 3.49. The minimum Gasteiger partial charge on any atom is -0.481 e. The number of amides is 10. The quantitative estimate of drug-likeness (QED) is 0.0158. The van der Waals surface area contributed by atoms with E-state index < -0.39 is 145 Å². The first-order valence-electron chi connectivity index (χ1n) is 28.2. The summed E-state index contributed by atoms with van der Waals surface area (Å²) in [6.07, 6.45) is 1.62. The number of aliphatic carboxylic acids is 1. The number of guanidine groups is 2. The van der Waals surface area contributed by atoms with E-state index in [-0.39, 0.29) is 88.2 Å². The van der Waals surface area contributed by atoms with Gasteiger partial charge < -0.3 is 93.1 Å². The second-order valence-electron chi connectivity index (χ2n) is 21.2. The maximum Gasteiger partial charge on any atom is 0.305 e. The SMILES string of the molecule is CCCC[C@H](NC(=O)[C@@H](NC(=O)[C@H](CC(=O)O)NC(=O)[C@H](CCC(N)=O)NC(=O)[C@H](CC(C)C)NC(=O)[C@H](CC(C)C)NC(=O)[C@@H](N)CCCN)[C@@H](C)CC)C(=O)N[C@H](CCCN=C(N)N)C(=O)N[C@@H](CCCCN=C(N)N)C(=O)NC. The third-order valence-corrected chi connectivity index (χ3v) is 13.0. The number of primary amides is 1. The van der Waals surface area contributed by atoms with Crippen molar-refractivity contribution < 1.29 is 57.8 Å². The maximum atomic E-state index is 14.3. The van der Waals surface area contributed by atoms with E-state index in [1.807, 2.05) is 20.8 Å². The van der Waals surface area contributed by atoms with Gasteiger partial charge in [0.05, 0.1) is 12.5 Å². The monoisotopic (exact) mass is 1170 g/mol. The molecule has 0 aliphatic rings. The number of carboxylic acid groups (broad SMARTS) is 1. The van der Waals surface area contributed by atoms with Crippen LogP contribution in [-0.4, -0.2) is 163 Å². The van der Waals surface area contributed by atoms with Crippen molar-refractivity contribution in [3.8, 4) is 0 Å². The molecule has 0 aliphatic heterocycles. The summed E-state index contributed by atoms with van der Waals surface area (Å²) in [6.45, 7) is 13.0. The van der Waals surface area contributed by atoms with Gasteiger partial charge in [-0.2, -0.15) is 0 Å². The van der Waals surface area contributed by atoms with Crippen molar-refractivity contribution in [2.24, 2.45) is 67.9 Å². The molecule has 0 bridgehead atoms. The van der Waals surface area contributed by atoms with Gasteiger partial charge in [-0.1, -0.05) is 67.7 Å². The van der Waals surface area contributed by atoms with E-state index in [2.05, 4.69) is 57.8 Å². The molecule has 0 aromatic heterocycles. The van der Waals surface area contributed by atoms with Crippen molar-refractivity contribution in [3.63, 3.8) is 0 Å². The van der Waals surface area contributed by atoms with E-state index >= 15 is 0 Å². The molecule has 0 unspecified atom stereocenters. The van der Waals surface area contributed by atoms with Crippen LogP contribution in [0, 0.1) is 17.8 Å². The Morgan fingerprint density at radius 3 is 1.30 bits per heavy atom. The van der Waals surface area contributed by atoms with Gasteiger partial charge in [0.25, 0.3) is 0 Å². The zero-order valence-electron chi connectivity index (χ0n) is 49.2. The highest BCUT2D eigenvalue weighted by molar-refractivity contribution is 5.99. The Hall–Kier alpha value is -7.37. The van der Waals surface area contributed by atoms with Crippen molar-refractivity contribution in [2.75, 3.05) is 26.7 Å². The molecular formula is C52H98N18O12. The first-order chi connectivity index (χ1) is 38.5. The lowest BCUT2D eigenvalue weighted by Gasteiger charge is -2.30. The summed E-state index contributed by atoms with van der Waals surface area (Å²) in [7, 11) is 1.40. The first-order valence-corrected chi connectivity index (χ1v) is 28.2. The van der Waals surface area contributed by atoms with Gasteiger partial charge in [0.15, 0.2) is 11.9 Å². The van der Waals surface area contributed by atoms with Gasteiger partial charge >= 0.3 is 5.97 Å². The number of carboxylic acids is 1. The second kappa shape index (κ2) is 40.7. The summed E-state index contributed by atoms with van der Waals surface area (Å²) in [6, 6.07) is -11.9. The smallest absolute Gasteiger partial charge is 0.305 e. The highest BCUT2D eigenvalue weighted by Gasteiger charge is 2.37. The average molecular weight is 1170 g/mol. The van der Waals surface area contributed by atoms with Crippen molar-refractivity contribution in [1.29, 1.82) is 0 Å². The highest BCUT2D eigenvalue weighted by atomic mass is 16.4. The number of nitrogens with zero attached hydrogens (tertiary/aromatic N) is 2. The van der Waals surface area contributed by atoms with E-state index in [1.54, 1.807) is 27.7 Å². The topological polar surface area (TPSA) is 523 Å². The van der Waals surface area contributed by atoms with Gasteiger partial charge in [-0.05, 0) is 94.9 Å². The van der Waals surface area contributed by atoms with E-state index in [1.165, 1.54) is 7.05 Å². The fourth-order valence-corrected chi connectivity index (χ4v) is 8.23. The Kier molecular flexibility index (Phi) is 37.1. The number of likely N-dealkylation sites (N-methyl/N-ethyl adjacent to an activating group) is 1. The summed E-state index contributed by atoms with van der Waals surface area (Å²) in [4.78, 5) is 157. The molecule has 10 atom stereocenters. The highest BCUT2D eigenvalue weighted by Crippen LogP contribution is 2.14. The van der Waals surface area contributed by atoms with Crippen molar-refractivity contribution in [3.05, 3.63) is 0 Å². The van der Waals surface area contributed by atoms with Crippen molar-refractivity contribution >= 4 is 77.0 Å². The molecule has 0 radical (unpaired) electrons. The van der Waals surface area contributed by atoms with Crippen LogP contribution in [0.3, 0.4) is 0 Å². The number of carbonyl (C=O) groups excluding carboxylic acids is 10. The molecule has 468 valence electrons. The predicted molar refractivity (Wildman–Crippen MR) is 309 cm³/mol. The summed E-state index contributed by atoms with van der Waals surface area (Å²) >= 11 is 0. The number of aliphatic imine (C=N–C) groups is 2. The molecule has 30 nitrogen and oxygen atoms in total. The molecule has 24 N–H and O–H groups in total. The molecule has 0 fully saturated rings. The minimum atomic E-state index is -1.89. The number of nitrogens with one attached hydrogen (secondary N) is 9. The Morgan fingerprint density at radius 2 is 0.866 bits per heavy atom. The van der Waals surface area contributed by atoms with Gasteiger partial charge in [0.1, 0.15) is 48.3 Å². The Morgan fingerprint density at radius 1 is 0.463 bits per heavy atom. The molecular weight excluding hydrogens is 1070 g/mol. The summed E-state index contributed by atoms with van der Waals surface area (Å²) in [5, 5.41) is 33.2. The van der Waals surface area contributed by atoms with Crippen LogP contribution in [0.15, 0.2) is 9.98 Å². The number of rotatable bonds is 43. The van der Waals surface area contributed by atoms with Crippen LogP contribution in [0.25, 0.3) is 0 Å². The molecule has 0 rings (SSSR count). The number of nitrogens with two attached hydrogens (primary N) is 7. The van der Waals surface area contributed by atoms with Crippen molar-refractivity contribution in [2.45, 2.75) is 206 Å². The molecule has 0 aliphatic carbocycles. The molecule has 10 amide bonds. The summed E-state index contributed by atoms with van der Waals surface area (Å²) in [5.41, 5.74) is 38.8. The molecule has 30 heteroatoms. The first kappa shape index (κ1) is 74.6. The normalized spacial score (nSPS) is 14.7. The van der Waals surface area contributed by atoms with Gasteiger partial charge in [0.2, 0.25) is 59.1 Å². The van der Waals surface area contributed by atoms with Crippen LogP contribution in [0.5, 0.6) is 0 Å². The van der Waals surface area contributed by atoms with Crippen molar-refractivity contribution in [1.82, 2.24) is 47.9 Å². The third-order valence-electron chi connectivity index (χ3n) is 13.0. The minimum absolute atomic E-state index is 0.00954. The summed E-state index contributed by atoms with van der Waals surface area (Å²) in [5.74, 6) is -11.1. The number of unbranched alkanes of at least 4 members (excludes halogenated alkanes) is 2. The van der Waals surface area contributed by atoms with E-state index in [0.717, 1.165) is 0 Å². The Balaban J connectivity index is 6.88. The zero-order valence-corrected chi connectivity index (χ0v) is 49.2. The Labute approximate surface area is 481 Å². The molecule has 0 aromatic rings.